The molecule has 0 radical (unpaired) electrons. The molecule has 6 rings (SSSR count). The number of halogens is 3. The third-order valence-electron chi connectivity index (χ3n) is 7.52. The van der Waals surface area contributed by atoms with Gasteiger partial charge in [-0.15, -0.1) is 0 Å². The second kappa shape index (κ2) is 13.5. The highest BCUT2D eigenvalue weighted by atomic mass is 35.5. The molecule has 3 aromatic heterocycles. The molecular weight excluding hydrogens is 656 g/mol. The van der Waals surface area contributed by atoms with E-state index in [9.17, 15) is 4.79 Å². The minimum atomic E-state index is -0.618. The van der Waals surface area contributed by atoms with E-state index < -0.39 is 11.7 Å². The lowest BCUT2D eigenvalue weighted by atomic mass is 10.0. The molecule has 1 amide bonds. The predicted octanol–water partition coefficient (Wildman–Crippen LogP) is 8.00. The Morgan fingerprint density at radius 2 is 1.71 bits per heavy atom. The van der Waals surface area contributed by atoms with Crippen LogP contribution in [0.5, 0.6) is 11.5 Å². The van der Waals surface area contributed by atoms with Crippen LogP contribution in [0, 0.1) is 5.82 Å². The number of ether oxygens (including phenoxy) is 2. The van der Waals surface area contributed by atoms with Crippen molar-refractivity contribution in [3.63, 3.8) is 0 Å². The summed E-state index contributed by atoms with van der Waals surface area (Å²) < 4.78 is 28.7. The van der Waals surface area contributed by atoms with E-state index in [2.05, 4.69) is 22.2 Å². The molecule has 0 aliphatic heterocycles. The number of amides is 1. The van der Waals surface area contributed by atoms with E-state index in [4.69, 9.17) is 42.6 Å². The van der Waals surface area contributed by atoms with E-state index in [1.54, 1.807) is 18.3 Å². The first-order valence-corrected chi connectivity index (χ1v) is 15.4. The van der Waals surface area contributed by atoms with Gasteiger partial charge in [-0.25, -0.2) is 14.4 Å². The van der Waals surface area contributed by atoms with E-state index in [1.807, 2.05) is 66.0 Å². The summed E-state index contributed by atoms with van der Waals surface area (Å²) in [5.74, 6) is -0.288. The third kappa shape index (κ3) is 6.23. The van der Waals surface area contributed by atoms with E-state index in [-0.39, 0.29) is 27.4 Å². The molecule has 0 spiro atoms. The second-order valence-corrected chi connectivity index (χ2v) is 11.8. The topological polar surface area (TPSA) is 106 Å². The molecule has 0 bridgehead atoms. The molecule has 3 heterocycles. The predicted molar refractivity (Wildman–Crippen MR) is 188 cm³/mol. The van der Waals surface area contributed by atoms with Crippen LogP contribution in [0.4, 0.5) is 21.7 Å². The Balaban J connectivity index is 1.53. The van der Waals surface area contributed by atoms with E-state index in [0.717, 1.165) is 17.3 Å². The van der Waals surface area contributed by atoms with Crippen molar-refractivity contribution in [1.82, 2.24) is 24.3 Å². The molecule has 0 aliphatic rings. The van der Waals surface area contributed by atoms with E-state index >= 15 is 4.39 Å². The highest BCUT2D eigenvalue weighted by Gasteiger charge is 2.24. The largest absolute Gasteiger partial charge is 0.495 e. The van der Waals surface area contributed by atoms with Gasteiger partial charge < -0.3 is 25.0 Å². The summed E-state index contributed by atoms with van der Waals surface area (Å²) in [6, 6.07) is 15.8. The van der Waals surface area contributed by atoms with Crippen molar-refractivity contribution in [2.75, 3.05) is 38.9 Å². The zero-order chi connectivity index (χ0) is 34.1. The van der Waals surface area contributed by atoms with E-state index in [0.29, 0.717) is 51.4 Å². The number of aromatic nitrogens is 4. The molecule has 0 fully saturated rings. The summed E-state index contributed by atoms with van der Waals surface area (Å²) in [7, 11) is 6.89. The van der Waals surface area contributed by atoms with Crippen molar-refractivity contribution in [3.05, 3.63) is 101 Å². The van der Waals surface area contributed by atoms with Crippen LogP contribution in [0.25, 0.3) is 38.9 Å². The number of nitrogens with one attached hydrogen (secondary N) is 2. The molecule has 48 heavy (non-hydrogen) atoms. The average molecular weight is 687 g/mol. The van der Waals surface area contributed by atoms with Gasteiger partial charge in [-0.2, -0.15) is 4.98 Å². The summed E-state index contributed by atoms with van der Waals surface area (Å²) in [6.45, 7) is 4.06. The minimum absolute atomic E-state index is 0.0157. The molecule has 0 atom stereocenters. The summed E-state index contributed by atoms with van der Waals surface area (Å²) in [6.07, 6.45) is 4.57. The fraction of sp³-hybridized carbons (Fsp3) is 0.143. The summed E-state index contributed by atoms with van der Waals surface area (Å²) in [5.41, 5.74) is 4.33. The van der Waals surface area contributed by atoms with E-state index in [1.165, 1.54) is 20.3 Å². The number of nitrogens with zero attached hydrogens (tertiary/aromatic N) is 5. The molecule has 0 unspecified atom stereocenters. The van der Waals surface area contributed by atoms with Crippen LogP contribution in [-0.4, -0.2) is 58.5 Å². The number of pyridine rings is 1. The second-order valence-electron chi connectivity index (χ2n) is 11.0. The number of imidazole rings is 1. The maximum Gasteiger partial charge on any atom is 0.247 e. The molecule has 2 N–H and O–H groups in total. The number of rotatable bonds is 10. The van der Waals surface area contributed by atoms with Crippen LogP contribution in [0.3, 0.4) is 0 Å². The third-order valence-corrected chi connectivity index (χ3v) is 8.27. The van der Waals surface area contributed by atoms with Gasteiger partial charge in [0.15, 0.2) is 5.65 Å². The van der Waals surface area contributed by atoms with Gasteiger partial charge in [0.25, 0.3) is 0 Å². The molecule has 3 aromatic carbocycles. The maximum absolute atomic E-state index is 15.8. The first kappa shape index (κ1) is 32.7. The molecular formula is C35H30Cl2FN7O3. The summed E-state index contributed by atoms with van der Waals surface area (Å²) in [4.78, 5) is 28.5. The maximum atomic E-state index is 15.8. The van der Waals surface area contributed by atoms with Gasteiger partial charge in [0, 0.05) is 41.5 Å². The zero-order valence-electron chi connectivity index (χ0n) is 26.4. The first-order valence-electron chi connectivity index (χ1n) is 14.6. The summed E-state index contributed by atoms with van der Waals surface area (Å²) >= 11 is 13.7. The van der Waals surface area contributed by atoms with Crippen LogP contribution >= 0.6 is 23.2 Å². The number of hydrogen-bond donors (Lipinski definition) is 2. The SMILES string of the molecule is C=CC(=O)Nc1cc(-c2ccccc2)cc(F)c1Nc1ncc2cc(-c3c(Cl)c(OC)cc(OC)c3Cl)c3nc(CN(C)C)cn3c2n1. The molecule has 6 aromatic rings. The molecule has 10 nitrogen and oxygen atoms in total. The molecule has 0 saturated carbocycles. The van der Waals surface area contributed by atoms with Gasteiger partial charge in [-0.1, -0.05) is 60.1 Å². The molecule has 244 valence electrons. The Morgan fingerprint density at radius 1 is 1.00 bits per heavy atom. The van der Waals surface area contributed by atoms with Gasteiger partial charge in [0.1, 0.15) is 28.7 Å². The highest BCUT2D eigenvalue weighted by Crippen LogP contribution is 2.47. The standard InChI is InChI=1S/C35H30Cl2FN7O3/c1-6-28(46)41-25-14-20(19-10-8-7-9-11-19)13-24(38)32(25)42-35-39-16-21-12-23(29-30(36)26(47-4)15-27(48-5)31(29)37)34-40-22(17-44(2)3)18-45(34)33(21)43-35/h6-16,18H,1,17H2,2-5H3,(H,41,46)(H,39,42,43). The van der Waals surface area contributed by atoms with Crippen molar-refractivity contribution >= 4 is 63.1 Å². The lowest BCUT2D eigenvalue weighted by molar-refractivity contribution is -0.111. The van der Waals surface area contributed by atoms with Crippen molar-refractivity contribution in [2.24, 2.45) is 0 Å². The van der Waals surface area contributed by atoms with Crippen LogP contribution in [0.15, 0.2) is 79.6 Å². The molecule has 0 aliphatic carbocycles. The number of hydrogen-bond acceptors (Lipinski definition) is 8. The van der Waals surface area contributed by atoms with Gasteiger partial charge in [0.05, 0.1) is 35.6 Å². The average Bonchev–Trinajstić information content (AvgIpc) is 3.50. The minimum Gasteiger partial charge on any atom is -0.495 e. The van der Waals surface area contributed by atoms with Crippen LogP contribution < -0.4 is 20.1 Å². The fourth-order valence-electron chi connectivity index (χ4n) is 5.37. The smallest absolute Gasteiger partial charge is 0.247 e. The quantitative estimate of drug-likeness (QED) is 0.140. The Morgan fingerprint density at radius 3 is 2.35 bits per heavy atom. The number of carbonyl (C=O) groups is 1. The number of carbonyl (C=O) groups excluding carboxylic acids is 1. The number of benzene rings is 3. The van der Waals surface area contributed by atoms with Gasteiger partial charge >= 0.3 is 0 Å². The lowest BCUT2D eigenvalue weighted by Crippen LogP contribution is -2.11. The zero-order valence-corrected chi connectivity index (χ0v) is 27.9. The van der Waals surface area contributed by atoms with Crippen molar-refractivity contribution in [3.8, 4) is 33.8 Å². The fourth-order valence-corrected chi connectivity index (χ4v) is 6.07. The first-order chi connectivity index (χ1) is 23.1. The van der Waals surface area contributed by atoms with Gasteiger partial charge in [-0.05, 0) is 49.5 Å². The lowest BCUT2D eigenvalue weighted by Gasteiger charge is -2.17. The van der Waals surface area contributed by atoms with Crippen LogP contribution in [0.2, 0.25) is 10.0 Å². The van der Waals surface area contributed by atoms with Crippen molar-refractivity contribution in [1.29, 1.82) is 0 Å². The van der Waals surface area contributed by atoms with Crippen molar-refractivity contribution < 1.29 is 18.7 Å². The number of fused-ring (bicyclic) bond motifs is 3. The Labute approximate surface area is 285 Å². The van der Waals surface area contributed by atoms with Gasteiger partial charge in [-0.3, -0.25) is 9.20 Å². The van der Waals surface area contributed by atoms with Crippen LogP contribution in [0.1, 0.15) is 5.69 Å². The highest BCUT2D eigenvalue weighted by molar-refractivity contribution is 6.41. The normalized spacial score (nSPS) is 11.2. The van der Waals surface area contributed by atoms with Gasteiger partial charge in [0.2, 0.25) is 11.9 Å². The molecule has 13 heteroatoms. The Bertz CT molecular complexity index is 2180. The summed E-state index contributed by atoms with van der Waals surface area (Å²) in [5, 5.41) is 6.85. The number of anilines is 3. The van der Waals surface area contributed by atoms with Crippen molar-refractivity contribution in [2.45, 2.75) is 6.54 Å². The Hall–Kier alpha value is -5.23. The van der Waals surface area contributed by atoms with Crippen LogP contribution in [-0.2, 0) is 11.3 Å². The monoisotopic (exact) mass is 685 g/mol. The number of methoxy groups -OCH3 is 2. The Kier molecular flexibility index (Phi) is 9.18. The molecule has 0 saturated heterocycles.